The number of aliphatic imine (C=N–C) groups is 1. The highest BCUT2D eigenvalue weighted by Crippen LogP contribution is 2.25. The molecule has 2 aromatic heterocycles. The molecule has 137 heavy (non-hydrogen) atoms. The molecule has 3 aliphatic rings. The van der Waals surface area contributed by atoms with Crippen LogP contribution in [0.25, 0.3) is 10.9 Å². The maximum absolute atomic E-state index is 15.4. The van der Waals surface area contributed by atoms with Crippen molar-refractivity contribution < 1.29 is 102 Å². The summed E-state index contributed by atoms with van der Waals surface area (Å²) in [7, 11) is 0. The largest absolute Gasteiger partial charge is 0.481 e. The number of aliphatic hydroxyl groups is 2. The molecule has 5 heterocycles. The SMILES string of the molecule is CCCC[C@H](NC(=O)[C@@H](CO)NC(=O)[C@H](CC1=CCC=N1)NC(=O)[C@H](CCC(=O)O)NC(=O)[C@H](CN)NC(=O)CNC(=O)COCCOCCNC(=O)CCCCCCCCCCCCCCCc1nnn[nH]1)C(=O)N[C@H]1CCC(=O)CCCCC[C@@H](C(C)=O)NC(=O)[C@H](Cc2c[nH]c3ccccc23)NC(=O)[C@H](CCCNC(=N)N)NC(=O)[C@@H](Cc2ccccc2)NC(=O)[C@@H]2C[C@@H](O)CN2C1=O. The highest BCUT2D eigenvalue weighted by Gasteiger charge is 2.44. The fourth-order valence-corrected chi connectivity index (χ4v) is 16.1. The number of nitrogens with two attached hydrogens (primary N) is 2. The van der Waals surface area contributed by atoms with E-state index in [2.05, 4.69) is 99.7 Å². The molecule has 754 valence electrons. The molecule has 12 atom stereocenters. The third-order valence-electron chi connectivity index (χ3n) is 23.8. The first kappa shape index (κ1) is 111. The third-order valence-corrected chi connectivity index (χ3v) is 23.8. The number of ether oxygens (including phenoxy) is 2. The van der Waals surface area contributed by atoms with E-state index in [0.29, 0.717) is 43.2 Å². The zero-order chi connectivity index (χ0) is 99.2. The molecular formula is C93H141N23O21. The highest BCUT2D eigenvalue weighted by molar-refractivity contribution is 6.01. The zero-order valence-corrected chi connectivity index (χ0v) is 78.5. The molecule has 4 aromatic rings. The zero-order valence-electron chi connectivity index (χ0n) is 78.5. The van der Waals surface area contributed by atoms with Crippen LogP contribution < -0.4 is 80.6 Å². The van der Waals surface area contributed by atoms with E-state index in [1.165, 1.54) is 64.5 Å². The van der Waals surface area contributed by atoms with Gasteiger partial charge >= 0.3 is 5.97 Å². The molecule has 2 fully saturated rings. The number of tetrazole rings is 1. The average molecular weight is 1920 g/mol. The minimum absolute atomic E-state index is 0.00220. The van der Waals surface area contributed by atoms with E-state index < -0.39 is 214 Å². The monoisotopic (exact) mass is 1920 g/mol. The van der Waals surface area contributed by atoms with Gasteiger partial charge < -0.3 is 115 Å². The minimum atomic E-state index is -1.90. The highest BCUT2D eigenvalue weighted by atomic mass is 16.5. The molecule has 2 aromatic carbocycles. The number of guanidine groups is 1. The van der Waals surface area contributed by atoms with Crippen molar-refractivity contribution in [3.05, 3.63) is 89.5 Å². The number of carboxylic acids is 1. The number of aromatic nitrogens is 5. The van der Waals surface area contributed by atoms with E-state index in [4.69, 9.17) is 26.4 Å². The van der Waals surface area contributed by atoms with Gasteiger partial charge in [-0.15, -0.1) is 5.10 Å². The number of Topliss-reactive ketones (excluding diaryl/α,β-unsaturated/α-hetero) is 2. The number of unbranched alkanes of at least 4 members (excludes halogenated alkanes) is 13. The number of benzene rings is 2. The Labute approximate surface area is 796 Å². The van der Waals surface area contributed by atoms with Crippen molar-refractivity contribution in [2.24, 2.45) is 16.5 Å². The molecule has 0 bridgehead atoms. The Bertz CT molecular complexity index is 4630. The number of hydrogen-bond acceptors (Lipinski definition) is 26. The summed E-state index contributed by atoms with van der Waals surface area (Å²) in [6, 6.07) is -1.31. The summed E-state index contributed by atoms with van der Waals surface area (Å²) < 4.78 is 10.9. The lowest BCUT2D eigenvalue weighted by atomic mass is 9.99. The first-order chi connectivity index (χ1) is 66.0. The molecule has 44 nitrogen and oxygen atoms in total. The van der Waals surface area contributed by atoms with Gasteiger partial charge in [0.2, 0.25) is 76.8 Å². The van der Waals surface area contributed by atoms with Gasteiger partial charge in [-0.2, -0.15) is 0 Å². The first-order valence-electron chi connectivity index (χ1n) is 47.9. The van der Waals surface area contributed by atoms with Crippen LogP contribution in [0.5, 0.6) is 0 Å². The van der Waals surface area contributed by atoms with Crippen molar-refractivity contribution >= 4 is 117 Å². The van der Waals surface area contributed by atoms with E-state index in [1.807, 2.05) is 18.2 Å². The summed E-state index contributed by atoms with van der Waals surface area (Å²) in [5, 5.41) is 88.1. The molecule has 0 aliphatic carbocycles. The number of nitrogens with one attached hydrogen (secondary N) is 16. The van der Waals surface area contributed by atoms with Crippen molar-refractivity contribution in [2.75, 3.05) is 65.8 Å². The molecular weight excluding hydrogens is 1780 g/mol. The van der Waals surface area contributed by atoms with Gasteiger partial charge in [-0.3, -0.25) is 87.1 Å². The number of amides is 13. The molecule has 44 heteroatoms. The number of para-hydroxylation sites is 1. The number of ketones is 2. The van der Waals surface area contributed by atoms with Gasteiger partial charge in [-0.1, -0.05) is 158 Å². The van der Waals surface area contributed by atoms with E-state index in [0.717, 1.165) is 60.2 Å². The summed E-state index contributed by atoms with van der Waals surface area (Å²) in [6.45, 7) is 0.387. The van der Waals surface area contributed by atoms with Crippen molar-refractivity contribution in [3.8, 4) is 0 Å². The van der Waals surface area contributed by atoms with Crippen LogP contribution in [0.1, 0.15) is 230 Å². The standard InChI is InChI=1S/C93H141N23O21/c1-3-4-33-68(83(126)107-71-40-39-63(119)31-20-17-21-34-66(59(2)118)103-87(130)73(50-61-54-100-67-35-25-24-32-65(61)67)108-84(127)69(36-27-44-99-93(95)96)104-86(129)72(49-60-28-18-16-19-29-60)110-91(134)77-52-64(120)56-116(77)92(71)135)105-90(133)76(57-117)111-88(131)74(51-62-30-26-43-97-62)109-85(128)70(41-42-82(124)125)106-89(132)75(53-94)102-80(122)55-101-81(123)58-137-48-47-136-46-45-98-79(121)38-23-15-13-11-9-7-5-6-8-10-12-14-22-37-78-112-114-115-113-78/h16,18-19,24-25,28-30,32,35,43,54,64,66,68-77,100,117,120H,3-15,17,20-23,26-27,31,33-34,36-42,44-53,55-58,94H2,1-2H3,(H,98,121)(H,101,123)(H,102,122)(H,103,130)(H,104,129)(H,105,133)(H,106,132)(H,107,126)(H,108,127)(H,109,128)(H,110,134)(H,111,131)(H,124,125)(H4,95,96,99)(H,112,113,114,115)/t64-,66+,68+,69+,70+,71+,72-,73+,74+,75+,76-,77+/m1/s1. The van der Waals surface area contributed by atoms with Crippen molar-refractivity contribution in [3.63, 3.8) is 0 Å². The molecule has 7 rings (SSSR count). The predicted octanol–water partition coefficient (Wildman–Crippen LogP) is 0.166. The molecule has 23 N–H and O–H groups in total. The second kappa shape index (κ2) is 62.2. The lowest BCUT2D eigenvalue weighted by molar-refractivity contribution is -0.143. The number of carbonyl (C=O) groups is 16. The number of nitrogens with zero attached hydrogens (tertiary/aromatic N) is 5. The lowest BCUT2D eigenvalue weighted by Crippen LogP contribution is -2.61. The number of carboxylic acid groups (broad SMARTS) is 1. The Morgan fingerprint density at radius 2 is 1.24 bits per heavy atom. The Morgan fingerprint density at radius 1 is 0.613 bits per heavy atom. The van der Waals surface area contributed by atoms with Crippen LogP contribution in [0.4, 0.5) is 0 Å². The smallest absolute Gasteiger partial charge is 0.303 e. The van der Waals surface area contributed by atoms with Gasteiger partial charge in [-0.25, -0.2) is 5.10 Å². The first-order valence-corrected chi connectivity index (χ1v) is 47.9. The summed E-state index contributed by atoms with van der Waals surface area (Å²) in [5.74, 6) is -13.3. The molecule has 13 amide bonds. The van der Waals surface area contributed by atoms with Gasteiger partial charge in [0, 0.05) is 119 Å². The molecule has 0 saturated carbocycles. The van der Waals surface area contributed by atoms with Crippen LogP contribution >= 0.6 is 0 Å². The van der Waals surface area contributed by atoms with Crippen LogP contribution in [0.15, 0.2) is 77.6 Å². The van der Waals surface area contributed by atoms with Crippen LogP contribution in [-0.4, -0.2) is 291 Å². The number of aliphatic carboxylic acids is 1. The number of carbonyl (C=O) groups excluding carboxylic acids is 15. The van der Waals surface area contributed by atoms with E-state index in [1.54, 1.807) is 55.6 Å². The lowest BCUT2D eigenvalue weighted by Gasteiger charge is -2.31. The second-order valence-electron chi connectivity index (χ2n) is 34.8. The van der Waals surface area contributed by atoms with Gasteiger partial charge in [0.15, 0.2) is 11.7 Å². The molecule has 3 aliphatic heterocycles. The maximum Gasteiger partial charge on any atom is 0.303 e. The Kier molecular flexibility index (Phi) is 50.6. The topological polar surface area (TPSA) is 670 Å². The van der Waals surface area contributed by atoms with E-state index >= 15 is 14.4 Å². The average Bonchev–Trinajstić information content (AvgIpc) is 1.66. The van der Waals surface area contributed by atoms with E-state index in [9.17, 15) is 77.6 Å². The van der Waals surface area contributed by atoms with Crippen molar-refractivity contribution in [1.82, 2.24) is 99.6 Å². The van der Waals surface area contributed by atoms with Gasteiger partial charge in [0.05, 0.1) is 45.1 Å². The fourth-order valence-electron chi connectivity index (χ4n) is 16.1. The van der Waals surface area contributed by atoms with E-state index in [-0.39, 0.29) is 127 Å². The normalized spacial score (nSPS) is 19.2. The Morgan fingerprint density at radius 3 is 1.91 bits per heavy atom. The number of aromatic amines is 2. The fraction of sp³-hybridized carbons (Fsp3) is 0.624. The number of hydrogen-bond donors (Lipinski definition) is 21. The molecule has 2 saturated heterocycles. The van der Waals surface area contributed by atoms with Crippen LogP contribution in [-0.2, 0) is 105 Å². The third kappa shape index (κ3) is 41.9. The van der Waals surface area contributed by atoms with Crippen molar-refractivity contribution in [2.45, 2.75) is 305 Å². The summed E-state index contributed by atoms with van der Waals surface area (Å²) in [5.41, 5.74) is 13.7. The summed E-state index contributed by atoms with van der Waals surface area (Å²) >= 11 is 0. The van der Waals surface area contributed by atoms with Crippen LogP contribution in [0.3, 0.4) is 0 Å². The quantitative estimate of drug-likeness (QED) is 0.0159. The van der Waals surface area contributed by atoms with Crippen molar-refractivity contribution in [1.29, 1.82) is 5.41 Å². The second-order valence-corrected chi connectivity index (χ2v) is 34.8. The summed E-state index contributed by atoms with van der Waals surface area (Å²) in [4.78, 5) is 233. The molecule has 0 unspecified atom stereocenters. The Balaban J connectivity index is 0.949. The maximum atomic E-state index is 15.4. The predicted molar refractivity (Wildman–Crippen MR) is 503 cm³/mol. The Hall–Kier alpha value is -12.6. The van der Waals surface area contributed by atoms with Gasteiger partial charge in [-0.05, 0) is 92.3 Å². The number of H-pyrrole nitrogens is 2. The molecule has 0 radical (unpaired) electrons. The molecule has 0 spiro atoms. The van der Waals surface area contributed by atoms with Gasteiger partial charge in [0.25, 0.3) is 0 Å². The van der Waals surface area contributed by atoms with Crippen LogP contribution in [0, 0.1) is 5.41 Å². The van der Waals surface area contributed by atoms with Crippen LogP contribution in [0.2, 0.25) is 0 Å². The number of allylic oxidation sites excluding steroid dienone is 1. The number of aliphatic hydroxyl groups excluding tert-OH is 2. The number of rotatable bonds is 56. The minimum Gasteiger partial charge on any atom is -0.481 e. The number of aryl methyl sites for hydroxylation is 1. The number of fused-ring (bicyclic) bond motifs is 2. The summed E-state index contributed by atoms with van der Waals surface area (Å²) in [6.07, 6.45) is 18.4. The van der Waals surface area contributed by atoms with Gasteiger partial charge in [0.1, 0.15) is 78.6 Å².